The van der Waals surface area contributed by atoms with Gasteiger partial charge in [0.1, 0.15) is 6.10 Å². The van der Waals surface area contributed by atoms with Gasteiger partial charge in [-0.05, 0) is 24.6 Å². The van der Waals surface area contributed by atoms with Crippen molar-refractivity contribution in [3.8, 4) is 0 Å². The van der Waals surface area contributed by atoms with Crippen molar-refractivity contribution in [1.82, 2.24) is 0 Å². The highest BCUT2D eigenvalue weighted by Gasteiger charge is 2.33. The van der Waals surface area contributed by atoms with E-state index in [4.69, 9.17) is 16.3 Å². The fourth-order valence-corrected chi connectivity index (χ4v) is 2.60. The van der Waals surface area contributed by atoms with Crippen LogP contribution in [0.5, 0.6) is 0 Å². The predicted molar refractivity (Wildman–Crippen MR) is 82.4 cm³/mol. The van der Waals surface area contributed by atoms with Gasteiger partial charge in [-0.2, -0.15) is 0 Å². The summed E-state index contributed by atoms with van der Waals surface area (Å²) in [6, 6.07) is 20.0. The summed E-state index contributed by atoms with van der Waals surface area (Å²) < 4.78 is 6.06. The van der Waals surface area contributed by atoms with Crippen LogP contribution in [-0.2, 0) is 4.74 Å². The monoisotopic (exact) mass is 285 g/mol. The Bertz CT molecular complexity index is 597. The zero-order valence-corrected chi connectivity index (χ0v) is 12.0. The Kier molecular flexibility index (Phi) is 3.75. The third kappa shape index (κ3) is 2.56. The number of aliphatic imine (C=N–C) groups is 1. The van der Waals surface area contributed by atoms with Gasteiger partial charge in [0, 0.05) is 5.56 Å². The van der Waals surface area contributed by atoms with E-state index in [1.165, 1.54) is 0 Å². The van der Waals surface area contributed by atoms with Crippen LogP contribution in [0.3, 0.4) is 0 Å². The van der Waals surface area contributed by atoms with E-state index in [2.05, 4.69) is 4.99 Å². The minimum Gasteiger partial charge on any atom is -0.468 e. The molecule has 1 aliphatic heterocycles. The minimum absolute atomic E-state index is 0.0193. The molecule has 2 aromatic carbocycles. The molecule has 102 valence electrons. The number of hydrogen-bond acceptors (Lipinski definition) is 2. The van der Waals surface area contributed by atoms with Crippen molar-refractivity contribution in [2.45, 2.75) is 24.4 Å². The third-order valence-electron chi connectivity index (χ3n) is 3.46. The number of halogens is 1. The Hall–Kier alpha value is -1.80. The van der Waals surface area contributed by atoms with E-state index in [1.807, 2.05) is 67.6 Å². The van der Waals surface area contributed by atoms with Crippen LogP contribution in [0.4, 0.5) is 0 Å². The molecule has 0 saturated heterocycles. The Balaban J connectivity index is 1.94. The van der Waals surface area contributed by atoms with Gasteiger partial charge in [0.15, 0.2) is 0 Å². The molecular weight excluding hydrogens is 270 g/mol. The largest absolute Gasteiger partial charge is 0.468 e. The minimum atomic E-state index is -0.166. The van der Waals surface area contributed by atoms with E-state index in [9.17, 15) is 0 Å². The average molecular weight is 286 g/mol. The third-order valence-corrected chi connectivity index (χ3v) is 4.05. The Morgan fingerprint density at radius 1 is 0.950 bits per heavy atom. The molecular formula is C17H16ClNO. The zero-order chi connectivity index (χ0) is 13.9. The van der Waals surface area contributed by atoms with Gasteiger partial charge in [-0.3, -0.25) is 0 Å². The van der Waals surface area contributed by atoms with Gasteiger partial charge in [0.25, 0.3) is 0 Å². The molecule has 0 unspecified atom stereocenters. The zero-order valence-electron chi connectivity index (χ0n) is 11.2. The summed E-state index contributed by atoms with van der Waals surface area (Å²) in [5, 5.41) is -0.162. The molecule has 2 aromatic rings. The van der Waals surface area contributed by atoms with Gasteiger partial charge in [0.05, 0.1) is 11.4 Å². The second kappa shape index (κ2) is 5.68. The molecule has 0 saturated carbocycles. The van der Waals surface area contributed by atoms with Gasteiger partial charge in [-0.25, -0.2) is 4.99 Å². The molecule has 0 fully saturated rings. The van der Waals surface area contributed by atoms with E-state index in [0.29, 0.717) is 5.90 Å². The van der Waals surface area contributed by atoms with Crippen LogP contribution in [0.15, 0.2) is 65.7 Å². The van der Waals surface area contributed by atoms with E-state index in [0.717, 1.165) is 11.1 Å². The summed E-state index contributed by atoms with van der Waals surface area (Å²) in [4.78, 5) is 4.57. The molecule has 0 spiro atoms. The number of ether oxygens (including phenoxy) is 1. The molecule has 0 aromatic heterocycles. The Morgan fingerprint density at radius 2 is 1.55 bits per heavy atom. The summed E-state index contributed by atoms with van der Waals surface area (Å²) >= 11 is 6.49. The molecule has 3 atom stereocenters. The lowest BCUT2D eigenvalue weighted by Gasteiger charge is -2.32. The summed E-state index contributed by atoms with van der Waals surface area (Å²) in [6.07, 6.45) is -0.166. The summed E-state index contributed by atoms with van der Waals surface area (Å²) in [7, 11) is 0. The molecule has 0 amide bonds. The second-order valence-electron chi connectivity index (χ2n) is 4.93. The highest BCUT2D eigenvalue weighted by molar-refractivity contribution is 6.22. The topological polar surface area (TPSA) is 21.6 Å². The van der Waals surface area contributed by atoms with Crippen LogP contribution < -0.4 is 0 Å². The lowest BCUT2D eigenvalue weighted by Crippen LogP contribution is -2.34. The maximum atomic E-state index is 6.49. The van der Waals surface area contributed by atoms with E-state index in [1.54, 1.807) is 0 Å². The van der Waals surface area contributed by atoms with Crippen molar-refractivity contribution in [2.75, 3.05) is 0 Å². The molecule has 0 bridgehead atoms. The molecule has 0 aliphatic carbocycles. The van der Waals surface area contributed by atoms with Crippen molar-refractivity contribution in [3.05, 3.63) is 71.8 Å². The highest BCUT2D eigenvalue weighted by Crippen LogP contribution is 2.33. The first-order valence-corrected chi connectivity index (χ1v) is 7.18. The van der Waals surface area contributed by atoms with Crippen LogP contribution in [-0.4, -0.2) is 17.3 Å². The first kappa shape index (κ1) is 13.2. The maximum absolute atomic E-state index is 6.49. The molecule has 3 heteroatoms. The number of rotatable bonds is 2. The van der Waals surface area contributed by atoms with Gasteiger partial charge < -0.3 is 4.74 Å². The fourth-order valence-electron chi connectivity index (χ4n) is 2.34. The first-order chi connectivity index (χ1) is 9.75. The average Bonchev–Trinajstić information content (AvgIpc) is 2.51. The smallest absolute Gasteiger partial charge is 0.217 e. The van der Waals surface area contributed by atoms with Gasteiger partial charge in [0.2, 0.25) is 5.90 Å². The number of hydrogen-bond donors (Lipinski definition) is 0. The second-order valence-corrected chi connectivity index (χ2v) is 5.44. The molecule has 2 nitrogen and oxygen atoms in total. The van der Waals surface area contributed by atoms with E-state index < -0.39 is 0 Å². The van der Waals surface area contributed by atoms with Crippen molar-refractivity contribution in [1.29, 1.82) is 0 Å². The molecule has 1 aliphatic rings. The van der Waals surface area contributed by atoms with E-state index in [-0.39, 0.29) is 17.5 Å². The van der Waals surface area contributed by atoms with Gasteiger partial charge in [-0.1, -0.05) is 48.5 Å². The van der Waals surface area contributed by atoms with Crippen molar-refractivity contribution in [2.24, 2.45) is 4.99 Å². The SMILES string of the molecule is C[C@@H]1N=C(c2ccccc2)O[C@@H](c2ccccc2)[C@@H]1Cl. The Labute approximate surface area is 124 Å². The molecule has 1 heterocycles. The number of benzene rings is 2. The number of nitrogens with zero attached hydrogens (tertiary/aromatic N) is 1. The lowest BCUT2D eigenvalue weighted by atomic mass is 10.0. The predicted octanol–water partition coefficient (Wildman–Crippen LogP) is 4.20. The molecule has 0 radical (unpaired) electrons. The summed E-state index contributed by atoms with van der Waals surface area (Å²) in [5.41, 5.74) is 2.08. The van der Waals surface area contributed by atoms with Crippen LogP contribution in [0, 0.1) is 0 Å². The van der Waals surface area contributed by atoms with Crippen LogP contribution in [0.1, 0.15) is 24.2 Å². The molecule has 3 rings (SSSR count). The quantitative estimate of drug-likeness (QED) is 0.758. The summed E-state index contributed by atoms with van der Waals surface area (Å²) in [6.45, 7) is 2.03. The highest BCUT2D eigenvalue weighted by atomic mass is 35.5. The standard InChI is InChI=1S/C17H16ClNO/c1-12-15(18)16(13-8-4-2-5-9-13)20-17(19-12)14-10-6-3-7-11-14/h2-12,15-16H,1H3/t12-,15+,16-/m0/s1. The van der Waals surface area contributed by atoms with Crippen molar-refractivity contribution in [3.63, 3.8) is 0 Å². The lowest BCUT2D eigenvalue weighted by molar-refractivity contribution is 0.160. The maximum Gasteiger partial charge on any atom is 0.217 e. The van der Waals surface area contributed by atoms with Crippen LogP contribution in [0.25, 0.3) is 0 Å². The fraction of sp³-hybridized carbons (Fsp3) is 0.235. The normalized spacial score (nSPS) is 25.7. The van der Waals surface area contributed by atoms with Gasteiger partial charge in [-0.15, -0.1) is 11.6 Å². The summed E-state index contributed by atoms with van der Waals surface area (Å²) in [5.74, 6) is 0.670. The van der Waals surface area contributed by atoms with Crippen molar-refractivity contribution < 1.29 is 4.74 Å². The Morgan fingerprint density at radius 3 is 2.20 bits per heavy atom. The van der Waals surface area contributed by atoms with Gasteiger partial charge >= 0.3 is 0 Å². The first-order valence-electron chi connectivity index (χ1n) is 6.74. The molecule has 20 heavy (non-hydrogen) atoms. The molecule has 0 N–H and O–H groups in total. The number of alkyl halides is 1. The van der Waals surface area contributed by atoms with Crippen molar-refractivity contribution >= 4 is 17.5 Å². The van der Waals surface area contributed by atoms with Crippen LogP contribution in [0.2, 0.25) is 0 Å². The van der Waals surface area contributed by atoms with E-state index >= 15 is 0 Å². The van der Waals surface area contributed by atoms with Crippen LogP contribution >= 0.6 is 11.6 Å².